The fraction of sp³-hybridized carbons (Fsp3) is 0.348. The molecule has 1 aromatic carbocycles. The van der Waals surface area contributed by atoms with Crippen molar-refractivity contribution in [3.63, 3.8) is 0 Å². The number of aromatic nitrogens is 2. The molecule has 29 heavy (non-hydrogen) atoms. The zero-order valence-electron chi connectivity index (χ0n) is 17.1. The first-order valence-electron chi connectivity index (χ1n) is 9.99. The van der Waals surface area contributed by atoms with Crippen LogP contribution in [0.5, 0.6) is 0 Å². The van der Waals surface area contributed by atoms with Gasteiger partial charge in [0.05, 0.1) is 5.69 Å². The van der Waals surface area contributed by atoms with Crippen LogP contribution in [0.3, 0.4) is 0 Å². The van der Waals surface area contributed by atoms with Crippen molar-refractivity contribution in [2.24, 2.45) is 0 Å². The molecule has 1 N–H and O–H groups in total. The summed E-state index contributed by atoms with van der Waals surface area (Å²) in [7, 11) is 3.97. The highest BCUT2D eigenvalue weighted by Crippen LogP contribution is 2.22. The molecule has 2 aromatic heterocycles. The van der Waals surface area contributed by atoms with E-state index < -0.39 is 0 Å². The Kier molecular flexibility index (Phi) is 5.20. The highest BCUT2D eigenvalue weighted by Gasteiger charge is 2.25. The molecule has 0 atom stereocenters. The maximum absolute atomic E-state index is 12.8. The molecule has 0 spiro atoms. The molecular weight excluding hydrogens is 364 g/mol. The Morgan fingerprint density at radius 1 is 1.17 bits per heavy atom. The minimum Gasteiger partial charge on any atom is -0.337 e. The maximum Gasteiger partial charge on any atom is 0.272 e. The Hall–Kier alpha value is -2.99. The third-order valence-corrected chi connectivity index (χ3v) is 5.96. The van der Waals surface area contributed by atoms with Gasteiger partial charge in [0.1, 0.15) is 5.69 Å². The van der Waals surface area contributed by atoms with Crippen molar-refractivity contribution in [2.45, 2.75) is 25.8 Å². The largest absolute Gasteiger partial charge is 0.337 e. The summed E-state index contributed by atoms with van der Waals surface area (Å²) in [4.78, 5) is 36.7. The van der Waals surface area contributed by atoms with Gasteiger partial charge in [-0.05, 0) is 75.1 Å². The molecule has 0 bridgehead atoms. The number of rotatable bonds is 3. The first-order chi connectivity index (χ1) is 13.9. The van der Waals surface area contributed by atoms with Crippen molar-refractivity contribution < 1.29 is 4.79 Å². The first-order valence-corrected chi connectivity index (χ1v) is 9.99. The van der Waals surface area contributed by atoms with Crippen LogP contribution in [-0.4, -0.2) is 58.9 Å². The molecule has 0 unspecified atom stereocenters. The smallest absolute Gasteiger partial charge is 0.272 e. The Morgan fingerprint density at radius 2 is 1.93 bits per heavy atom. The molecule has 0 saturated carbocycles. The second-order valence-corrected chi connectivity index (χ2v) is 7.93. The number of aromatic amines is 1. The molecule has 1 fully saturated rings. The van der Waals surface area contributed by atoms with Gasteiger partial charge < -0.3 is 14.8 Å². The van der Waals surface area contributed by atoms with E-state index in [4.69, 9.17) is 0 Å². The fourth-order valence-corrected chi connectivity index (χ4v) is 4.00. The van der Waals surface area contributed by atoms with E-state index in [1.807, 2.05) is 49.2 Å². The van der Waals surface area contributed by atoms with E-state index in [-0.39, 0.29) is 17.5 Å². The van der Waals surface area contributed by atoms with E-state index in [0.717, 1.165) is 42.4 Å². The quantitative estimate of drug-likeness (QED) is 0.746. The van der Waals surface area contributed by atoms with Crippen LogP contribution in [0.2, 0.25) is 0 Å². The summed E-state index contributed by atoms with van der Waals surface area (Å²) in [5.74, 6) is -0.0612. The van der Waals surface area contributed by atoms with Crippen LogP contribution in [0, 0.1) is 6.92 Å². The van der Waals surface area contributed by atoms with Gasteiger partial charge in [-0.1, -0.05) is 12.1 Å². The maximum atomic E-state index is 12.8. The number of likely N-dealkylation sites (tertiary alicyclic amines) is 1. The number of fused-ring (bicyclic) bond motifs is 1. The number of benzene rings is 1. The third-order valence-electron chi connectivity index (χ3n) is 5.96. The number of amides is 1. The summed E-state index contributed by atoms with van der Waals surface area (Å²) in [6.07, 6.45) is 3.62. The summed E-state index contributed by atoms with van der Waals surface area (Å²) >= 11 is 0. The van der Waals surface area contributed by atoms with Crippen LogP contribution in [0.4, 0.5) is 0 Å². The molecule has 1 aliphatic rings. The van der Waals surface area contributed by atoms with Gasteiger partial charge in [-0.2, -0.15) is 0 Å². The van der Waals surface area contributed by atoms with Crippen LogP contribution in [0.1, 0.15) is 28.9 Å². The summed E-state index contributed by atoms with van der Waals surface area (Å²) < 4.78 is 0. The molecule has 1 amide bonds. The Bertz CT molecular complexity index is 1100. The molecule has 1 aliphatic heterocycles. The van der Waals surface area contributed by atoms with Gasteiger partial charge in [0.25, 0.3) is 11.5 Å². The SMILES string of the molecule is Cc1cccc2c(=O)[nH]c(-c3ccc(C(=O)N(C)C4CCN(C)CC4)nc3)cc12. The zero-order chi connectivity index (χ0) is 20.5. The van der Waals surface area contributed by atoms with E-state index in [1.54, 1.807) is 12.3 Å². The molecule has 6 nitrogen and oxygen atoms in total. The molecule has 3 heterocycles. The van der Waals surface area contributed by atoms with Gasteiger partial charge in [0.15, 0.2) is 0 Å². The van der Waals surface area contributed by atoms with E-state index in [2.05, 4.69) is 21.9 Å². The van der Waals surface area contributed by atoms with Gasteiger partial charge in [-0.15, -0.1) is 0 Å². The fourth-order valence-electron chi connectivity index (χ4n) is 4.00. The first kappa shape index (κ1) is 19.3. The number of hydrogen-bond acceptors (Lipinski definition) is 4. The molecule has 4 rings (SSSR count). The normalized spacial score (nSPS) is 15.6. The number of aryl methyl sites for hydroxylation is 1. The highest BCUT2D eigenvalue weighted by molar-refractivity contribution is 5.93. The Balaban J connectivity index is 1.58. The van der Waals surface area contributed by atoms with Crippen molar-refractivity contribution in [3.8, 4) is 11.3 Å². The number of nitrogens with zero attached hydrogens (tertiary/aromatic N) is 3. The molecule has 3 aromatic rings. The molecular formula is C23H26N4O2. The van der Waals surface area contributed by atoms with Crippen molar-refractivity contribution in [3.05, 3.63) is 64.2 Å². The van der Waals surface area contributed by atoms with E-state index >= 15 is 0 Å². The molecule has 0 aliphatic carbocycles. The monoisotopic (exact) mass is 390 g/mol. The zero-order valence-corrected chi connectivity index (χ0v) is 17.1. The summed E-state index contributed by atoms with van der Waals surface area (Å²) in [5, 5.41) is 1.60. The minimum atomic E-state index is -0.122. The summed E-state index contributed by atoms with van der Waals surface area (Å²) in [6.45, 7) is 4.00. The molecule has 0 radical (unpaired) electrons. The number of hydrogen-bond donors (Lipinski definition) is 1. The van der Waals surface area contributed by atoms with Gasteiger partial charge in [-0.25, -0.2) is 0 Å². The van der Waals surface area contributed by atoms with Gasteiger partial charge in [0.2, 0.25) is 0 Å². The Labute approximate surface area is 170 Å². The number of carbonyl (C=O) groups is 1. The van der Waals surface area contributed by atoms with Crippen molar-refractivity contribution in [1.82, 2.24) is 19.8 Å². The predicted octanol–water partition coefficient (Wildman–Crippen LogP) is 3.06. The standard InChI is InChI=1S/C23H26N4O2/c1-15-5-4-6-18-19(15)13-21(25-22(18)28)16-7-8-20(24-14-16)23(29)27(3)17-9-11-26(2)12-10-17/h4-8,13-14,17H,9-12H2,1-3H3,(H,25,28). The second-order valence-electron chi connectivity index (χ2n) is 7.93. The minimum absolute atomic E-state index is 0.0612. The summed E-state index contributed by atoms with van der Waals surface area (Å²) in [6, 6.07) is 11.5. The third kappa shape index (κ3) is 3.80. The number of carbonyl (C=O) groups excluding carboxylic acids is 1. The lowest BCUT2D eigenvalue weighted by Gasteiger charge is -2.34. The topological polar surface area (TPSA) is 69.3 Å². The van der Waals surface area contributed by atoms with Crippen LogP contribution >= 0.6 is 0 Å². The number of nitrogens with one attached hydrogen (secondary N) is 1. The highest BCUT2D eigenvalue weighted by atomic mass is 16.2. The van der Waals surface area contributed by atoms with Crippen LogP contribution in [0.25, 0.3) is 22.0 Å². The average molecular weight is 390 g/mol. The number of piperidine rings is 1. The predicted molar refractivity (Wildman–Crippen MR) is 115 cm³/mol. The van der Waals surface area contributed by atoms with Gasteiger partial charge >= 0.3 is 0 Å². The van der Waals surface area contributed by atoms with Crippen LogP contribution < -0.4 is 5.56 Å². The number of H-pyrrole nitrogens is 1. The van der Waals surface area contributed by atoms with Crippen molar-refractivity contribution in [1.29, 1.82) is 0 Å². The van der Waals surface area contributed by atoms with Gasteiger partial charge in [-0.3, -0.25) is 14.6 Å². The molecule has 150 valence electrons. The van der Waals surface area contributed by atoms with Crippen molar-refractivity contribution >= 4 is 16.7 Å². The number of pyridine rings is 2. The van der Waals surface area contributed by atoms with Crippen LogP contribution in [0.15, 0.2) is 47.4 Å². The lowest BCUT2D eigenvalue weighted by atomic mass is 10.0. The van der Waals surface area contributed by atoms with Gasteiger partial charge in [0, 0.05) is 30.2 Å². The van der Waals surface area contributed by atoms with Crippen molar-refractivity contribution in [2.75, 3.05) is 27.2 Å². The van der Waals surface area contributed by atoms with E-state index in [1.165, 1.54) is 0 Å². The lowest BCUT2D eigenvalue weighted by Crippen LogP contribution is -2.44. The lowest BCUT2D eigenvalue weighted by molar-refractivity contribution is 0.0654. The van der Waals surface area contributed by atoms with E-state index in [9.17, 15) is 9.59 Å². The summed E-state index contributed by atoms with van der Waals surface area (Å²) in [5.41, 5.74) is 2.84. The second kappa shape index (κ2) is 7.79. The average Bonchev–Trinajstić information content (AvgIpc) is 2.74. The van der Waals surface area contributed by atoms with E-state index in [0.29, 0.717) is 16.8 Å². The van der Waals surface area contributed by atoms with Crippen LogP contribution in [-0.2, 0) is 0 Å². The Morgan fingerprint density at radius 3 is 2.62 bits per heavy atom. The molecule has 1 saturated heterocycles. The molecule has 6 heteroatoms.